The highest BCUT2D eigenvalue weighted by atomic mass is 16.5. The molecule has 0 saturated heterocycles. The summed E-state index contributed by atoms with van der Waals surface area (Å²) >= 11 is 0. The van der Waals surface area contributed by atoms with Gasteiger partial charge in [-0.2, -0.15) is 0 Å². The topological polar surface area (TPSA) is 51.1 Å². The first-order chi connectivity index (χ1) is 15.1. The van der Waals surface area contributed by atoms with E-state index in [1.807, 2.05) is 41.3 Å². The highest BCUT2D eigenvalue weighted by molar-refractivity contribution is 6.00. The molecule has 0 aliphatic carbocycles. The fourth-order valence-corrected chi connectivity index (χ4v) is 3.55. The summed E-state index contributed by atoms with van der Waals surface area (Å²) in [4.78, 5) is 19.2. The minimum atomic E-state index is -0.0959. The maximum absolute atomic E-state index is 13.3. The fraction of sp³-hybridized carbons (Fsp3) is 0.231. The highest BCUT2D eigenvalue weighted by Crippen LogP contribution is 2.36. The number of nitrogens with zero attached hydrogens (tertiary/aromatic N) is 2. The van der Waals surface area contributed by atoms with Gasteiger partial charge in [0, 0.05) is 19.2 Å². The van der Waals surface area contributed by atoms with Gasteiger partial charge in [-0.15, -0.1) is 0 Å². The molecule has 0 unspecified atom stereocenters. The molecule has 31 heavy (non-hydrogen) atoms. The molecule has 0 bridgehead atoms. The molecule has 1 aliphatic heterocycles. The van der Waals surface area contributed by atoms with Gasteiger partial charge >= 0.3 is 0 Å². The molecule has 1 heterocycles. The lowest BCUT2D eigenvalue weighted by Crippen LogP contribution is -2.36. The fourth-order valence-electron chi connectivity index (χ4n) is 3.55. The van der Waals surface area contributed by atoms with Crippen LogP contribution in [0.1, 0.15) is 29.3 Å². The Morgan fingerprint density at radius 1 is 1.23 bits per heavy atom. The molecule has 0 atom stereocenters. The Morgan fingerprint density at radius 3 is 2.65 bits per heavy atom. The molecular weight excluding hydrogens is 388 g/mol. The number of carbonyl (C=O) groups is 1. The van der Waals surface area contributed by atoms with Crippen LogP contribution < -0.4 is 9.47 Å². The Kier molecular flexibility index (Phi) is 7.44. The van der Waals surface area contributed by atoms with Gasteiger partial charge in [-0.25, -0.2) is 0 Å². The molecule has 2 aromatic carbocycles. The zero-order valence-electron chi connectivity index (χ0n) is 18.1. The maximum Gasteiger partial charge on any atom is 0.256 e. The molecule has 1 amide bonds. The van der Waals surface area contributed by atoms with Gasteiger partial charge in [-0.3, -0.25) is 9.79 Å². The summed E-state index contributed by atoms with van der Waals surface area (Å²) < 4.78 is 11.5. The number of amides is 1. The molecule has 0 saturated carbocycles. The number of rotatable bonds is 8. The molecule has 160 valence electrons. The largest absolute Gasteiger partial charge is 0.493 e. The molecule has 0 spiro atoms. The number of ether oxygens (including phenoxy) is 2. The summed E-state index contributed by atoms with van der Waals surface area (Å²) in [6, 6.07) is 13.3. The van der Waals surface area contributed by atoms with Crippen LogP contribution in [-0.2, 0) is 6.61 Å². The van der Waals surface area contributed by atoms with E-state index >= 15 is 0 Å². The Morgan fingerprint density at radius 2 is 2.00 bits per heavy atom. The van der Waals surface area contributed by atoms with Gasteiger partial charge in [0.1, 0.15) is 6.61 Å². The molecule has 0 fully saturated rings. The van der Waals surface area contributed by atoms with E-state index in [0.29, 0.717) is 42.4 Å². The third-order valence-electron chi connectivity index (χ3n) is 5.27. The van der Waals surface area contributed by atoms with Crippen LogP contribution in [-0.4, -0.2) is 37.7 Å². The maximum atomic E-state index is 13.3. The predicted octanol–water partition coefficient (Wildman–Crippen LogP) is 5.51. The van der Waals surface area contributed by atoms with Crippen molar-refractivity contribution >= 4 is 18.3 Å². The standard InChI is InChI=1S/C26H28N2O3/c1-5-6-12-21-13-14-28(17-19(21)2)26(29)22-15-24(30-4)25(16-23(22)27-3)31-18-20-10-8-7-9-11-20/h5-12,15-16H,1,3,13-14,17-18H2,2,4H3/b12-6-. The van der Waals surface area contributed by atoms with E-state index in [1.165, 1.54) is 11.1 Å². The van der Waals surface area contributed by atoms with Gasteiger partial charge in [0.25, 0.3) is 5.91 Å². The lowest BCUT2D eigenvalue weighted by Gasteiger charge is -2.29. The predicted molar refractivity (Wildman–Crippen MR) is 126 cm³/mol. The third kappa shape index (κ3) is 5.31. The third-order valence-corrected chi connectivity index (χ3v) is 5.27. The Labute approximate surface area is 184 Å². The molecule has 1 aliphatic rings. The second-order valence-electron chi connectivity index (χ2n) is 7.33. The van der Waals surface area contributed by atoms with Crippen molar-refractivity contribution in [2.45, 2.75) is 20.0 Å². The number of hydrogen-bond acceptors (Lipinski definition) is 4. The lowest BCUT2D eigenvalue weighted by molar-refractivity contribution is 0.0764. The van der Waals surface area contributed by atoms with Gasteiger partial charge < -0.3 is 14.4 Å². The average Bonchev–Trinajstić information content (AvgIpc) is 2.81. The average molecular weight is 417 g/mol. The van der Waals surface area contributed by atoms with Crippen molar-refractivity contribution in [3.8, 4) is 11.5 Å². The quantitative estimate of drug-likeness (QED) is 0.421. The number of methoxy groups -OCH3 is 1. The van der Waals surface area contributed by atoms with Gasteiger partial charge in [-0.1, -0.05) is 60.7 Å². The highest BCUT2D eigenvalue weighted by Gasteiger charge is 2.25. The minimum absolute atomic E-state index is 0.0959. The van der Waals surface area contributed by atoms with E-state index in [2.05, 4.69) is 31.3 Å². The van der Waals surface area contributed by atoms with Gasteiger partial charge in [0.15, 0.2) is 11.5 Å². The molecule has 5 nitrogen and oxygen atoms in total. The van der Waals surface area contributed by atoms with Gasteiger partial charge in [-0.05, 0) is 37.3 Å². The molecule has 0 aromatic heterocycles. The first kappa shape index (κ1) is 22.1. The van der Waals surface area contributed by atoms with E-state index in [1.54, 1.807) is 25.3 Å². The van der Waals surface area contributed by atoms with E-state index < -0.39 is 0 Å². The zero-order chi connectivity index (χ0) is 22.2. The Hall–Kier alpha value is -3.60. The molecule has 0 radical (unpaired) electrons. The van der Waals surface area contributed by atoms with Crippen LogP contribution in [0.2, 0.25) is 0 Å². The molecular formula is C26H28N2O3. The molecule has 0 N–H and O–H groups in total. The smallest absolute Gasteiger partial charge is 0.256 e. The van der Waals surface area contributed by atoms with Gasteiger partial charge in [0.2, 0.25) is 0 Å². The van der Waals surface area contributed by atoms with Crippen LogP contribution in [0.4, 0.5) is 5.69 Å². The first-order valence-electron chi connectivity index (χ1n) is 10.2. The van der Waals surface area contributed by atoms with Crippen LogP contribution in [0.3, 0.4) is 0 Å². The molecule has 2 aromatic rings. The zero-order valence-corrected chi connectivity index (χ0v) is 18.1. The van der Waals surface area contributed by atoms with Crippen molar-refractivity contribution in [3.05, 3.63) is 89.5 Å². The van der Waals surface area contributed by atoms with Crippen molar-refractivity contribution in [2.75, 3.05) is 20.2 Å². The van der Waals surface area contributed by atoms with Crippen molar-refractivity contribution in [1.29, 1.82) is 0 Å². The van der Waals surface area contributed by atoms with Crippen molar-refractivity contribution in [3.63, 3.8) is 0 Å². The number of aliphatic imine (C=N–C) groups is 1. The second kappa shape index (κ2) is 10.4. The van der Waals surface area contributed by atoms with Crippen LogP contribution in [0.15, 0.2) is 83.4 Å². The molecule has 5 heteroatoms. The van der Waals surface area contributed by atoms with E-state index in [-0.39, 0.29) is 5.91 Å². The normalized spacial score (nSPS) is 13.9. The second-order valence-corrected chi connectivity index (χ2v) is 7.33. The van der Waals surface area contributed by atoms with Crippen LogP contribution in [0.5, 0.6) is 11.5 Å². The monoisotopic (exact) mass is 416 g/mol. The number of hydrogen-bond donors (Lipinski definition) is 0. The van der Waals surface area contributed by atoms with Crippen LogP contribution in [0.25, 0.3) is 0 Å². The Balaban J connectivity index is 1.83. The Bertz CT molecular complexity index is 1020. The number of carbonyl (C=O) groups excluding carboxylic acids is 1. The number of allylic oxidation sites excluding steroid dienone is 3. The summed E-state index contributed by atoms with van der Waals surface area (Å²) in [5.41, 5.74) is 4.38. The summed E-state index contributed by atoms with van der Waals surface area (Å²) in [6.45, 7) is 11.0. The first-order valence-corrected chi connectivity index (χ1v) is 10.2. The van der Waals surface area contributed by atoms with Gasteiger partial charge in [0.05, 0.1) is 18.4 Å². The summed E-state index contributed by atoms with van der Waals surface area (Å²) in [5, 5.41) is 0. The summed E-state index contributed by atoms with van der Waals surface area (Å²) in [5.74, 6) is 0.920. The summed E-state index contributed by atoms with van der Waals surface area (Å²) in [6.07, 6.45) is 6.54. The minimum Gasteiger partial charge on any atom is -0.493 e. The van der Waals surface area contributed by atoms with Crippen molar-refractivity contribution < 1.29 is 14.3 Å². The SMILES string of the molecule is C=C/C=C\C1=C(C)CN(C(=O)c2cc(OC)c(OCc3ccccc3)cc2N=C)CC1. The summed E-state index contributed by atoms with van der Waals surface area (Å²) in [7, 11) is 1.56. The number of benzene rings is 2. The van der Waals surface area contributed by atoms with E-state index in [0.717, 1.165) is 12.0 Å². The van der Waals surface area contributed by atoms with Crippen molar-refractivity contribution in [2.24, 2.45) is 4.99 Å². The lowest BCUT2D eigenvalue weighted by atomic mass is 9.99. The van der Waals surface area contributed by atoms with Crippen molar-refractivity contribution in [1.82, 2.24) is 4.90 Å². The van der Waals surface area contributed by atoms with Crippen LogP contribution >= 0.6 is 0 Å². The van der Waals surface area contributed by atoms with E-state index in [4.69, 9.17) is 9.47 Å². The van der Waals surface area contributed by atoms with E-state index in [9.17, 15) is 4.79 Å². The molecule has 3 rings (SSSR count). The van der Waals surface area contributed by atoms with Crippen LogP contribution in [0, 0.1) is 0 Å².